The molecule has 0 aliphatic heterocycles. The Balaban J connectivity index is 1.54. The Labute approximate surface area is 148 Å². The molecular formula is C17H20N6O3. The predicted octanol–water partition coefficient (Wildman–Crippen LogP) is 1.33. The Morgan fingerprint density at radius 3 is 2.81 bits per heavy atom. The molecule has 1 amide bonds. The fourth-order valence-electron chi connectivity index (χ4n) is 2.98. The molecule has 0 saturated heterocycles. The van der Waals surface area contributed by atoms with Crippen molar-refractivity contribution < 1.29 is 9.90 Å². The monoisotopic (exact) mass is 356 g/mol. The van der Waals surface area contributed by atoms with Gasteiger partial charge < -0.3 is 15.4 Å². The first-order valence-electron chi connectivity index (χ1n) is 8.59. The van der Waals surface area contributed by atoms with Crippen LogP contribution in [0.4, 0.5) is 0 Å². The maximum absolute atomic E-state index is 12.5. The Hall–Kier alpha value is -2.94. The van der Waals surface area contributed by atoms with Crippen molar-refractivity contribution in [3.63, 3.8) is 0 Å². The lowest BCUT2D eigenvalue weighted by Crippen LogP contribution is -2.27. The Bertz CT molecular complexity index is 1030. The molecule has 2 atom stereocenters. The highest BCUT2D eigenvalue weighted by atomic mass is 16.3. The fourth-order valence-corrected chi connectivity index (χ4v) is 2.98. The van der Waals surface area contributed by atoms with Crippen molar-refractivity contribution in [1.29, 1.82) is 0 Å². The van der Waals surface area contributed by atoms with Gasteiger partial charge in [-0.3, -0.25) is 14.5 Å². The Morgan fingerprint density at radius 1 is 1.38 bits per heavy atom. The standard InChI is InChI=1S/C17H20N6O3/c1-8(14-20-15(9(2)24)22-21-14)18-16(25)10-3-6-13-12(7-10)19-17(26)23(13)11-4-5-11/h3,6-9,11,24H,4-5H2,1-2H3,(H,18,25)(H,19,26)(H,20,21,22). The van der Waals surface area contributed by atoms with Gasteiger partial charge in [0.05, 0.1) is 17.1 Å². The fraction of sp³-hybridized carbons (Fsp3) is 0.412. The Morgan fingerprint density at radius 2 is 2.15 bits per heavy atom. The second-order valence-electron chi connectivity index (χ2n) is 6.71. The molecule has 1 aromatic carbocycles. The van der Waals surface area contributed by atoms with Crippen LogP contribution in [0.3, 0.4) is 0 Å². The van der Waals surface area contributed by atoms with E-state index in [1.54, 1.807) is 36.6 Å². The molecule has 3 aromatic rings. The number of carbonyl (C=O) groups is 1. The van der Waals surface area contributed by atoms with Gasteiger partial charge in [-0.15, -0.1) is 0 Å². The van der Waals surface area contributed by atoms with Gasteiger partial charge in [-0.25, -0.2) is 9.78 Å². The summed E-state index contributed by atoms with van der Waals surface area (Å²) in [6.45, 7) is 3.34. The average molecular weight is 356 g/mol. The Kier molecular flexibility index (Phi) is 3.87. The van der Waals surface area contributed by atoms with Crippen LogP contribution in [0.1, 0.15) is 66.9 Å². The summed E-state index contributed by atoms with van der Waals surface area (Å²) < 4.78 is 1.76. The maximum Gasteiger partial charge on any atom is 0.326 e. The number of amides is 1. The first-order chi connectivity index (χ1) is 12.4. The third-order valence-corrected chi connectivity index (χ3v) is 4.54. The number of aliphatic hydroxyl groups excluding tert-OH is 1. The molecular weight excluding hydrogens is 336 g/mol. The normalized spacial score (nSPS) is 16.6. The molecule has 1 saturated carbocycles. The van der Waals surface area contributed by atoms with Crippen molar-refractivity contribution >= 4 is 16.9 Å². The van der Waals surface area contributed by atoms with E-state index < -0.39 is 12.1 Å². The van der Waals surface area contributed by atoms with Gasteiger partial charge in [0.15, 0.2) is 5.82 Å². The minimum absolute atomic E-state index is 0.138. The highest BCUT2D eigenvalue weighted by Gasteiger charge is 2.27. The van der Waals surface area contributed by atoms with Gasteiger partial charge in [0.1, 0.15) is 11.9 Å². The maximum atomic E-state index is 12.5. The number of fused-ring (bicyclic) bond motifs is 1. The molecule has 2 aromatic heterocycles. The number of nitrogens with one attached hydrogen (secondary N) is 3. The quantitative estimate of drug-likeness (QED) is 0.548. The zero-order valence-corrected chi connectivity index (χ0v) is 14.5. The van der Waals surface area contributed by atoms with Crippen LogP contribution in [0.25, 0.3) is 11.0 Å². The summed E-state index contributed by atoms with van der Waals surface area (Å²) in [4.78, 5) is 31.6. The molecule has 9 nitrogen and oxygen atoms in total. The van der Waals surface area contributed by atoms with Gasteiger partial charge in [-0.05, 0) is 44.9 Å². The largest absolute Gasteiger partial charge is 0.385 e. The SMILES string of the molecule is CC(O)c1n[nH]c(C(C)NC(=O)c2ccc3c(c2)[nH]c(=O)n3C2CC2)n1. The van der Waals surface area contributed by atoms with E-state index in [0.29, 0.717) is 16.9 Å². The van der Waals surface area contributed by atoms with Crippen LogP contribution >= 0.6 is 0 Å². The summed E-state index contributed by atoms with van der Waals surface area (Å²) in [6, 6.07) is 5.04. The first-order valence-corrected chi connectivity index (χ1v) is 8.59. The van der Waals surface area contributed by atoms with Gasteiger partial charge in [0.2, 0.25) is 0 Å². The molecule has 1 fully saturated rings. The van der Waals surface area contributed by atoms with Crippen LogP contribution in [0.15, 0.2) is 23.0 Å². The van der Waals surface area contributed by atoms with Crippen LogP contribution in [0.5, 0.6) is 0 Å². The first kappa shape index (κ1) is 16.5. The van der Waals surface area contributed by atoms with Crippen LogP contribution in [-0.2, 0) is 0 Å². The summed E-state index contributed by atoms with van der Waals surface area (Å²) >= 11 is 0. The van der Waals surface area contributed by atoms with Crippen molar-refractivity contribution in [3.8, 4) is 0 Å². The molecule has 9 heteroatoms. The van der Waals surface area contributed by atoms with E-state index in [2.05, 4.69) is 25.5 Å². The molecule has 0 bridgehead atoms. The molecule has 136 valence electrons. The second-order valence-corrected chi connectivity index (χ2v) is 6.71. The number of H-pyrrole nitrogens is 2. The number of carbonyl (C=O) groups excluding carboxylic acids is 1. The molecule has 0 radical (unpaired) electrons. The summed E-state index contributed by atoms with van der Waals surface area (Å²) in [5, 5.41) is 18.9. The van der Waals surface area contributed by atoms with Gasteiger partial charge in [0, 0.05) is 11.6 Å². The zero-order chi connectivity index (χ0) is 18.4. The lowest BCUT2D eigenvalue weighted by Gasteiger charge is -2.11. The average Bonchev–Trinajstić information content (AvgIpc) is 3.19. The van der Waals surface area contributed by atoms with Crippen LogP contribution in [0, 0.1) is 0 Å². The topological polar surface area (TPSA) is 129 Å². The summed E-state index contributed by atoms with van der Waals surface area (Å²) in [5.41, 5.74) is 1.78. The van der Waals surface area contributed by atoms with Gasteiger partial charge in [-0.2, -0.15) is 5.10 Å². The predicted molar refractivity (Wildman–Crippen MR) is 93.7 cm³/mol. The number of hydrogen-bond donors (Lipinski definition) is 4. The highest BCUT2D eigenvalue weighted by molar-refractivity contribution is 5.97. The smallest absolute Gasteiger partial charge is 0.326 e. The number of hydrogen-bond acceptors (Lipinski definition) is 5. The van der Waals surface area contributed by atoms with Gasteiger partial charge in [-0.1, -0.05) is 0 Å². The van der Waals surface area contributed by atoms with E-state index in [1.165, 1.54) is 0 Å². The number of aromatic nitrogens is 5. The van der Waals surface area contributed by atoms with E-state index in [4.69, 9.17) is 0 Å². The third kappa shape index (κ3) is 2.90. The van der Waals surface area contributed by atoms with Gasteiger partial charge in [0.25, 0.3) is 5.91 Å². The van der Waals surface area contributed by atoms with Crippen molar-refractivity contribution in [2.45, 2.75) is 44.9 Å². The van der Waals surface area contributed by atoms with E-state index in [0.717, 1.165) is 18.4 Å². The molecule has 1 aliphatic carbocycles. The van der Waals surface area contributed by atoms with E-state index in [-0.39, 0.29) is 23.5 Å². The number of nitrogens with zero attached hydrogens (tertiary/aromatic N) is 3. The highest BCUT2D eigenvalue weighted by Crippen LogP contribution is 2.35. The van der Waals surface area contributed by atoms with Crippen molar-refractivity contribution in [2.24, 2.45) is 0 Å². The minimum atomic E-state index is -0.780. The summed E-state index contributed by atoms with van der Waals surface area (Å²) in [5.74, 6) is 0.458. The molecule has 0 spiro atoms. The molecule has 2 heterocycles. The second kappa shape index (κ2) is 6.10. The van der Waals surface area contributed by atoms with Gasteiger partial charge >= 0.3 is 5.69 Å². The molecule has 26 heavy (non-hydrogen) atoms. The van der Waals surface area contributed by atoms with Crippen LogP contribution < -0.4 is 11.0 Å². The molecule has 2 unspecified atom stereocenters. The lowest BCUT2D eigenvalue weighted by atomic mass is 10.1. The number of rotatable bonds is 5. The summed E-state index contributed by atoms with van der Waals surface area (Å²) in [6.07, 6.45) is 1.24. The minimum Gasteiger partial charge on any atom is -0.385 e. The van der Waals surface area contributed by atoms with Crippen molar-refractivity contribution in [2.75, 3.05) is 0 Å². The summed E-state index contributed by atoms with van der Waals surface area (Å²) in [7, 11) is 0. The van der Waals surface area contributed by atoms with E-state index in [9.17, 15) is 14.7 Å². The van der Waals surface area contributed by atoms with Crippen LogP contribution in [0.2, 0.25) is 0 Å². The van der Waals surface area contributed by atoms with E-state index in [1.807, 2.05) is 0 Å². The molecule has 4 N–H and O–H groups in total. The molecule has 4 rings (SSSR count). The van der Waals surface area contributed by atoms with Crippen LogP contribution in [-0.4, -0.2) is 35.7 Å². The zero-order valence-electron chi connectivity index (χ0n) is 14.5. The van der Waals surface area contributed by atoms with E-state index >= 15 is 0 Å². The molecule has 1 aliphatic rings. The van der Waals surface area contributed by atoms with Crippen molar-refractivity contribution in [1.82, 2.24) is 30.0 Å². The third-order valence-electron chi connectivity index (χ3n) is 4.54. The lowest BCUT2D eigenvalue weighted by molar-refractivity contribution is 0.0938. The number of aliphatic hydroxyl groups is 1. The number of aromatic amines is 2. The number of benzene rings is 1. The number of imidazole rings is 1. The van der Waals surface area contributed by atoms with Crippen molar-refractivity contribution in [3.05, 3.63) is 45.9 Å².